The monoisotopic (exact) mass is 315 g/mol. The van der Waals surface area contributed by atoms with Crippen LogP contribution in [0.1, 0.15) is 43.6 Å². The molecular weight excluding hydrogens is 294 g/mol. The number of hydrazine groups is 1. The zero-order valence-electron chi connectivity index (χ0n) is 13.8. The van der Waals surface area contributed by atoms with E-state index in [1.165, 1.54) is 0 Å². The van der Waals surface area contributed by atoms with Crippen LogP contribution in [0.5, 0.6) is 0 Å². The van der Waals surface area contributed by atoms with Crippen LogP contribution in [0.2, 0.25) is 0 Å². The smallest absolute Gasteiger partial charge is 0.350 e. The normalized spacial score (nSPS) is 11.3. The summed E-state index contributed by atoms with van der Waals surface area (Å²) in [5, 5.41) is 8.84. The van der Waals surface area contributed by atoms with E-state index < -0.39 is 5.97 Å². The molecule has 23 heavy (non-hydrogen) atoms. The van der Waals surface area contributed by atoms with Crippen LogP contribution >= 0.6 is 0 Å². The third-order valence-corrected chi connectivity index (χ3v) is 3.03. The molecule has 122 valence electrons. The summed E-state index contributed by atoms with van der Waals surface area (Å²) in [6.45, 7) is 8.08. The van der Waals surface area contributed by atoms with Crippen LogP contribution in [0.15, 0.2) is 36.0 Å². The van der Waals surface area contributed by atoms with Crippen molar-refractivity contribution < 1.29 is 14.3 Å². The summed E-state index contributed by atoms with van der Waals surface area (Å²) in [5.41, 5.74) is 6.20. The maximum Gasteiger partial charge on any atom is 0.350 e. The van der Waals surface area contributed by atoms with Gasteiger partial charge < -0.3 is 10.2 Å². The van der Waals surface area contributed by atoms with Crippen LogP contribution in [0.3, 0.4) is 0 Å². The van der Waals surface area contributed by atoms with Gasteiger partial charge in [0.25, 0.3) is 5.91 Å². The molecule has 0 spiro atoms. The van der Waals surface area contributed by atoms with E-state index in [1.807, 2.05) is 12.1 Å². The first-order valence-corrected chi connectivity index (χ1v) is 7.23. The fourth-order valence-corrected chi connectivity index (χ4v) is 1.71. The third-order valence-electron chi connectivity index (χ3n) is 3.03. The SMILES string of the molecule is CCOC(=O)/C(C#N)=C/NNC(=O)c1ccc(C(C)(C)C)cc1. The standard InChI is InChI=1S/C17H21N3O3/c1-5-23-16(22)13(10-18)11-19-20-15(21)12-6-8-14(9-7-12)17(2,3)4/h6-9,11,19H,5H2,1-4H3,(H,20,21)/b13-11+. The van der Waals surface area contributed by atoms with Gasteiger partial charge in [0.05, 0.1) is 6.61 Å². The highest BCUT2D eigenvalue weighted by Gasteiger charge is 2.14. The fourth-order valence-electron chi connectivity index (χ4n) is 1.71. The Balaban J connectivity index is 2.67. The molecule has 0 fully saturated rings. The molecule has 0 aromatic heterocycles. The number of carbonyl (C=O) groups excluding carboxylic acids is 2. The molecule has 0 unspecified atom stereocenters. The van der Waals surface area contributed by atoms with Crippen molar-refractivity contribution in [1.82, 2.24) is 10.9 Å². The summed E-state index contributed by atoms with van der Waals surface area (Å²) in [5.74, 6) is -1.12. The van der Waals surface area contributed by atoms with Crippen molar-refractivity contribution in [1.29, 1.82) is 5.26 Å². The number of carbonyl (C=O) groups is 2. The van der Waals surface area contributed by atoms with E-state index in [-0.39, 0.29) is 23.5 Å². The minimum absolute atomic E-state index is 0.0112. The number of benzene rings is 1. The Labute approximate surface area is 136 Å². The topological polar surface area (TPSA) is 91.2 Å². The minimum Gasteiger partial charge on any atom is -0.462 e. The van der Waals surface area contributed by atoms with Crippen molar-refractivity contribution >= 4 is 11.9 Å². The number of rotatable bonds is 5. The Bertz CT molecular complexity index is 635. The van der Waals surface area contributed by atoms with E-state index in [9.17, 15) is 9.59 Å². The lowest BCUT2D eigenvalue weighted by Gasteiger charge is -2.19. The lowest BCUT2D eigenvalue weighted by atomic mass is 9.87. The van der Waals surface area contributed by atoms with Crippen LogP contribution in [-0.4, -0.2) is 18.5 Å². The Morgan fingerprint density at radius 3 is 2.35 bits per heavy atom. The minimum atomic E-state index is -0.744. The Kier molecular flexibility index (Phi) is 6.34. The third kappa shape index (κ3) is 5.47. The first-order chi connectivity index (χ1) is 10.8. The highest BCUT2D eigenvalue weighted by atomic mass is 16.5. The van der Waals surface area contributed by atoms with E-state index in [1.54, 1.807) is 25.1 Å². The van der Waals surface area contributed by atoms with Crippen LogP contribution in [0, 0.1) is 11.3 Å². The highest BCUT2D eigenvalue weighted by molar-refractivity contribution is 5.94. The second kappa shape index (κ2) is 7.99. The zero-order valence-corrected chi connectivity index (χ0v) is 13.8. The van der Waals surface area contributed by atoms with E-state index in [2.05, 4.69) is 31.6 Å². The van der Waals surface area contributed by atoms with Gasteiger partial charge in [0.2, 0.25) is 0 Å². The molecular formula is C17H21N3O3. The predicted molar refractivity (Wildman–Crippen MR) is 86.1 cm³/mol. The molecule has 0 aliphatic rings. The molecule has 2 N–H and O–H groups in total. The summed E-state index contributed by atoms with van der Waals surface area (Å²) in [6.07, 6.45) is 1.10. The van der Waals surface area contributed by atoms with E-state index >= 15 is 0 Å². The zero-order chi connectivity index (χ0) is 17.5. The van der Waals surface area contributed by atoms with Gasteiger partial charge in [-0.2, -0.15) is 5.26 Å². The van der Waals surface area contributed by atoms with Crippen LogP contribution < -0.4 is 10.9 Å². The van der Waals surface area contributed by atoms with Crippen molar-refractivity contribution in [2.75, 3.05) is 6.61 Å². The largest absolute Gasteiger partial charge is 0.462 e. The molecule has 6 heteroatoms. The molecule has 0 aliphatic carbocycles. The molecule has 0 atom stereocenters. The van der Waals surface area contributed by atoms with Crippen LogP contribution in [0.25, 0.3) is 0 Å². The molecule has 0 bridgehead atoms. The van der Waals surface area contributed by atoms with Gasteiger partial charge in [0.15, 0.2) is 5.57 Å². The maximum atomic E-state index is 12.0. The summed E-state index contributed by atoms with van der Waals surface area (Å²) >= 11 is 0. The van der Waals surface area contributed by atoms with Gasteiger partial charge in [-0.1, -0.05) is 32.9 Å². The number of amides is 1. The van der Waals surface area contributed by atoms with E-state index in [0.717, 1.165) is 11.8 Å². The van der Waals surface area contributed by atoms with Gasteiger partial charge in [-0.25, -0.2) is 4.79 Å². The van der Waals surface area contributed by atoms with Crippen molar-refractivity contribution in [2.24, 2.45) is 0 Å². The molecule has 1 rings (SSSR count). The predicted octanol–water partition coefficient (Wildman–Crippen LogP) is 2.19. The molecule has 1 amide bonds. The van der Waals surface area contributed by atoms with Gasteiger partial charge in [0, 0.05) is 11.8 Å². The number of hydrogen-bond acceptors (Lipinski definition) is 5. The lowest BCUT2D eigenvalue weighted by molar-refractivity contribution is -0.138. The molecule has 1 aromatic carbocycles. The fraction of sp³-hybridized carbons (Fsp3) is 0.353. The van der Waals surface area contributed by atoms with Crippen molar-refractivity contribution in [3.63, 3.8) is 0 Å². The Hall–Kier alpha value is -2.81. The molecule has 6 nitrogen and oxygen atoms in total. The summed E-state index contributed by atoms with van der Waals surface area (Å²) in [4.78, 5) is 23.4. The maximum absolute atomic E-state index is 12.0. The summed E-state index contributed by atoms with van der Waals surface area (Å²) < 4.78 is 4.70. The van der Waals surface area contributed by atoms with Crippen molar-refractivity contribution in [3.8, 4) is 6.07 Å². The molecule has 0 radical (unpaired) electrons. The lowest BCUT2D eigenvalue weighted by Crippen LogP contribution is -2.34. The number of hydrogen-bond donors (Lipinski definition) is 2. The first kappa shape index (κ1) is 18.2. The van der Waals surface area contributed by atoms with Crippen LogP contribution in [0.4, 0.5) is 0 Å². The molecule has 0 heterocycles. The van der Waals surface area contributed by atoms with Crippen molar-refractivity contribution in [3.05, 3.63) is 47.2 Å². The van der Waals surface area contributed by atoms with Gasteiger partial charge in [-0.15, -0.1) is 0 Å². The van der Waals surface area contributed by atoms with Gasteiger partial charge in [-0.05, 0) is 30.0 Å². The number of nitrogens with zero attached hydrogens (tertiary/aromatic N) is 1. The van der Waals surface area contributed by atoms with Crippen LogP contribution in [-0.2, 0) is 14.9 Å². The summed E-state index contributed by atoms with van der Waals surface area (Å²) in [7, 11) is 0. The molecule has 0 aliphatic heterocycles. The van der Waals surface area contributed by atoms with E-state index in [4.69, 9.17) is 10.00 Å². The van der Waals surface area contributed by atoms with Gasteiger partial charge in [-0.3, -0.25) is 10.2 Å². The quantitative estimate of drug-likeness (QED) is 0.376. The second-order valence-corrected chi connectivity index (χ2v) is 5.82. The molecule has 0 saturated heterocycles. The number of ether oxygens (including phenoxy) is 1. The highest BCUT2D eigenvalue weighted by Crippen LogP contribution is 2.22. The van der Waals surface area contributed by atoms with Gasteiger partial charge >= 0.3 is 5.97 Å². The number of nitriles is 1. The number of esters is 1. The average molecular weight is 315 g/mol. The molecule has 0 saturated carbocycles. The molecule has 1 aromatic rings. The van der Waals surface area contributed by atoms with Gasteiger partial charge in [0.1, 0.15) is 6.07 Å². The second-order valence-electron chi connectivity index (χ2n) is 5.82. The van der Waals surface area contributed by atoms with E-state index in [0.29, 0.717) is 5.56 Å². The van der Waals surface area contributed by atoms with Crippen molar-refractivity contribution in [2.45, 2.75) is 33.1 Å². The average Bonchev–Trinajstić information content (AvgIpc) is 2.50. The number of nitrogens with one attached hydrogen (secondary N) is 2. The summed E-state index contributed by atoms with van der Waals surface area (Å²) in [6, 6.07) is 8.92. The Morgan fingerprint density at radius 1 is 1.26 bits per heavy atom. The first-order valence-electron chi connectivity index (χ1n) is 7.23. The Morgan fingerprint density at radius 2 is 1.87 bits per heavy atom.